The number of hydrogen-bond donors (Lipinski definition) is 0. The Labute approximate surface area is 116 Å². The topological polar surface area (TPSA) is 17.3 Å². The van der Waals surface area contributed by atoms with E-state index >= 15 is 0 Å². The molecule has 86 valence electrons. The van der Waals surface area contributed by atoms with Crippen LogP contribution in [0, 0.1) is 0 Å². The summed E-state index contributed by atoms with van der Waals surface area (Å²) in [7, 11) is 0. The van der Waals surface area contributed by atoms with Gasteiger partial charge in [-0.2, -0.15) is 0 Å². The van der Waals surface area contributed by atoms with E-state index in [9.17, 15) is 0 Å². The largest absolute Gasteiger partial charge is 0.301 e. The third-order valence-electron chi connectivity index (χ3n) is 2.56. The highest BCUT2D eigenvalue weighted by Crippen LogP contribution is 2.29. The van der Waals surface area contributed by atoms with Gasteiger partial charge in [-0.05, 0) is 39.5 Å². The smallest absolute Gasteiger partial charge is 0.137 e. The summed E-state index contributed by atoms with van der Waals surface area (Å²) < 4.78 is 3.05. The second kappa shape index (κ2) is 4.44. The molecule has 0 bridgehead atoms. The number of aromatic nitrogens is 2. The number of halogens is 2. The van der Waals surface area contributed by atoms with Gasteiger partial charge in [-0.25, -0.2) is 4.98 Å². The van der Waals surface area contributed by atoms with E-state index in [4.69, 9.17) is 11.6 Å². The molecule has 0 aliphatic heterocycles. The third-order valence-corrected chi connectivity index (χ3v) is 4.16. The highest BCUT2D eigenvalue weighted by Gasteiger charge is 2.13. The third kappa shape index (κ3) is 1.90. The summed E-state index contributed by atoms with van der Waals surface area (Å²) >= 11 is 11.2. The molecule has 17 heavy (non-hydrogen) atoms. The minimum Gasteiger partial charge on any atom is -0.301 e. The summed E-state index contributed by atoms with van der Waals surface area (Å²) in [6.45, 7) is 0. The lowest BCUT2D eigenvalue weighted by Gasteiger charge is -1.99. The lowest BCUT2D eigenvalue weighted by atomic mass is 10.3. The van der Waals surface area contributed by atoms with E-state index in [-0.39, 0.29) is 0 Å². The van der Waals surface area contributed by atoms with Crippen molar-refractivity contribution < 1.29 is 0 Å². The molecule has 3 rings (SSSR count). The number of rotatable bonds is 2. The summed E-state index contributed by atoms with van der Waals surface area (Å²) in [5.41, 5.74) is 2.94. The first-order valence-corrected chi connectivity index (χ1v) is 7.26. The summed E-state index contributed by atoms with van der Waals surface area (Å²) in [6.07, 6.45) is 2.00. The average Bonchev–Trinajstić information content (AvgIpc) is 2.94. The van der Waals surface area contributed by atoms with Gasteiger partial charge in [0.2, 0.25) is 0 Å². The minimum absolute atomic E-state index is 0.449. The van der Waals surface area contributed by atoms with Gasteiger partial charge in [0.15, 0.2) is 0 Å². The second-order valence-corrected chi connectivity index (χ2v) is 5.72. The fourth-order valence-electron chi connectivity index (χ4n) is 1.81. The molecule has 3 heterocycles. The molecule has 0 radical (unpaired) electrons. The monoisotopic (exact) mass is 326 g/mol. The SMILES string of the molecule is ClCc1c(-c2cccs2)nc2ccc(Br)cn12. The second-order valence-electron chi connectivity index (χ2n) is 3.59. The maximum atomic E-state index is 6.05. The Morgan fingerprint density at radius 3 is 2.94 bits per heavy atom. The summed E-state index contributed by atoms with van der Waals surface area (Å²) in [5.74, 6) is 0.449. The van der Waals surface area contributed by atoms with Crippen LogP contribution in [0.25, 0.3) is 16.2 Å². The Kier molecular flexibility index (Phi) is 2.94. The van der Waals surface area contributed by atoms with Gasteiger partial charge >= 0.3 is 0 Å². The zero-order valence-corrected chi connectivity index (χ0v) is 11.9. The maximum absolute atomic E-state index is 6.05. The van der Waals surface area contributed by atoms with E-state index in [1.54, 1.807) is 11.3 Å². The first kappa shape index (κ1) is 11.3. The standard InChI is InChI=1S/C12H8BrClN2S/c13-8-3-4-11-15-12(10-2-1-5-17-10)9(6-14)16(11)7-8/h1-5,7H,6H2. The molecule has 0 atom stereocenters. The highest BCUT2D eigenvalue weighted by atomic mass is 79.9. The van der Waals surface area contributed by atoms with Gasteiger partial charge in [0, 0.05) is 10.7 Å². The molecule has 0 aliphatic rings. The molecule has 0 saturated carbocycles. The molecule has 3 aromatic rings. The van der Waals surface area contributed by atoms with Crippen molar-refractivity contribution in [3.8, 4) is 10.6 Å². The van der Waals surface area contributed by atoms with Crippen molar-refractivity contribution in [1.29, 1.82) is 0 Å². The van der Waals surface area contributed by atoms with Gasteiger partial charge in [-0.3, -0.25) is 0 Å². The number of pyridine rings is 1. The molecule has 2 nitrogen and oxygen atoms in total. The molecular formula is C12H8BrClN2S. The first-order chi connectivity index (χ1) is 8.29. The highest BCUT2D eigenvalue weighted by molar-refractivity contribution is 9.10. The van der Waals surface area contributed by atoms with Gasteiger partial charge in [0.25, 0.3) is 0 Å². The molecule has 0 aromatic carbocycles. The zero-order chi connectivity index (χ0) is 11.8. The molecule has 5 heteroatoms. The number of alkyl halides is 1. The number of thiophene rings is 1. The quantitative estimate of drug-likeness (QED) is 0.631. The number of nitrogens with zero attached hydrogens (tertiary/aromatic N) is 2. The van der Waals surface area contributed by atoms with Crippen LogP contribution in [0.15, 0.2) is 40.3 Å². The van der Waals surface area contributed by atoms with E-state index in [1.807, 2.05) is 34.2 Å². The van der Waals surface area contributed by atoms with Crippen LogP contribution in [-0.4, -0.2) is 9.38 Å². The molecule has 3 aromatic heterocycles. The fraction of sp³-hybridized carbons (Fsp3) is 0.0833. The fourth-order valence-corrected chi connectivity index (χ4v) is 3.13. The van der Waals surface area contributed by atoms with Crippen LogP contribution in [0.4, 0.5) is 0 Å². The van der Waals surface area contributed by atoms with Gasteiger partial charge in [-0.1, -0.05) is 6.07 Å². The molecular weight excluding hydrogens is 320 g/mol. The maximum Gasteiger partial charge on any atom is 0.137 e. The van der Waals surface area contributed by atoms with Crippen LogP contribution in [-0.2, 0) is 5.88 Å². The Morgan fingerprint density at radius 2 is 2.24 bits per heavy atom. The van der Waals surface area contributed by atoms with Crippen molar-refractivity contribution >= 4 is 44.5 Å². The average molecular weight is 328 g/mol. The molecule has 0 aliphatic carbocycles. The predicted molar refractivity (Wildman–Crippen MR) is 75.8 cm³/mol. The predicted octanol–water partition coefficient (Wildman–Crippen LogP) is 4.56. The summed E-state index contributed by atoms with van der Waals surface area (Å²) in [4.78, 5) is 5.79. The summed E-state index contributed by atoms with van der Waals surface area (Å²) in [5, 5.41) is 2.05. The van der Waals surface area contributed by atoms with E-state index in [1.165, 1.54) is 0 Å². The lowest BCUT2D eigenvalue weighted by molar-refractivity contribution is 1.08. The van der Waals surface area contributed by atoms with Gasteiger partial charge in [0.05, 0.1) is 16.5 Å². The van der Waals surface area contributed by atoms with Gasteiger partial charge in [0.1, 0.15) is 11.3 Å². The van der Waals surface area contributed by atoms with Crippen molar-refractivity contribution in [1.82, 2.24) is 9.38 Å². The van der Waals surface area contributed by atoms with Crippen molar-refractivity contribution in [2.45, 2.75) is 5.88 Å². The Hall–Kier alpha value is -0.840. The van der Waals surface area contributed by atoms with Crippen molar-refractivity contribution in [2.24, 2.45) is 0 Å². The van der Waals surface area contributed by atoms with E-state index < -0.39 is 0 Å². The molecule has 0 N–H and O–H groups in total. The molecule has 0 fully saturated rings. The Balaban J connectivity index is 2.32. The van der Waals surface area contributed by atoms with Crippen LogP contribution in [0.2, 0.25) is 0 Å². The zero-order valence-electron chi connectivity index (χ0n) is 8.73. The number of fused-ring (bicyclic) bond motifs is 1. The van der Waals surface area contributed by atoms with Crippen molar-refractivity contribution in [3.05, 3.63) is 46.0 Å². The van der Waals surface area contributed by atoms with Gasteiger partial charge < -0.3 is 4.40 Å². The first-order valence-electron chi connectivity index (χ1n) is 5.06. The minimum atomic E-state index is 0.449. The van der Waals surface area contributed by atoms with E-state index in [0.717, 1.165) is 26.4 Å². The van der Waals surface area contributed by atoms with Crippen LogP contribution in [0.5, 0.6) is 0 Å². The molecule has 0 spiro atoms. The van der Waals surface area contributed by atoms with Crippen LogP contribution < -0.4 is 0 Å². The number of imidazole rings is 1. The molecule has 0 saturated heterocycles. The van der Waals surface area contributed by atoms with Crippen LogP contribution in [0.3, 0.4) is 0 Å². The van der Waals surface area contributed by atoms with E-state index in [2.05, 4.69) is 27.0 Å². The Morgan fingerprint density at radius 1 is 1.35 bits per heavy atom. The molecule has 0 amide bonds. The summed E-state index contributed by atoms with van der Waals surface area (Å²) in [6, 6.07) is 8.06. The normalized spacial score (nSPS) is 11.2. The van der Waals surface area contributed by atoms with Crippen molar-refractivity contribution in [3.63, 3.8) is 0 Å². The lowest BCUT2D eigenvalue weighted by Crippen LogP contribution is -1.90. The van der Waals surface area contributed by atoms with Crippen LogP contribution >= 0.6 is 38.9 Å². The molecule has 0 unspecified atom stereocenters. The van der Waals surface area contributed by atoms with Gasteiger partial charge in [-0.15, -0.1) is 22.9 Å². The number of hydrogen-bond acceptors (Lipinski definition) is 2. The van der Waals surface area contributed by atoms with E-state index in [0.29, 0.717) is 5.88 Å². The van der Waals surface area contributed by atoms with Crippen molar-refractivity contribution in [2.75, 3.05) is 0 Å². The van der Waals surface area contributed by atoms with Crippen LogP contribution in [0.1, 0.15) is 5.69 Å². The Bertz CT molecular complexity index is 661.